The zero-order valence-corrected chi connectivity index (χ0v) is 16.2. The van der Waals surface area contributed by atoms with Crippen LogP contribution in [-0.4, -0.2) is 33.7 Å². The van der Waals surface area contributed by atoms with Crippen molar-refractivity contribution in [1.82, 2.24) is 9.38 Å². The van der Waals surface area contributed by atoms with Crippen molar-refractivity contribution in [3.8, 4) is 22.8 Å². The second-order valence-electron chi connectivity index (χ2n) is 5.23. The van der Waals surface area contributed by atoms with Crippen molar-refractivity contribution >= 4 is 38.2 Å². The van der Waals surface area contributed by atoms with E-state index >= 15 is 0 Å². The van der Waals surface area contributed by atoms with Crippen molar-refractivity contribution < 1.29 is 19.4 Å². The molecule has 132 valence electrons. The van der Waals surface area contributed by atoms with Crippen molar-refractivity contribution in [2.45, 2.75) is 20.3 Å². The van der Waals surface area contributed by atoms with Gasteiger partial charge < -0.3 is 14.6 Å². The summed E-state index contributed by atoms with van der Waals surface area (Å²) in [4.78, 5) is 17.0. The third-order valence-electron chi connectivity index (χ3n) is 3.44. The first-order valence-electron chi connectivity index (χ1n) is 7.80. The molecule has 1 aromatic carbocycles. The van der Waals surface area contributed by atoms with Crippen LogP contribution in [-0.2, 0) is 11.2 Å². The molecule has 3 rings (SSSR count). The molecule has 0 aliphatic heterocycles. The predicted molar refractivity (Wildman–Crippen MR) is 99.9 cm³/mol. The van der Waals surface area contributed by atoms with Gasteiger partial charge >= 0.3 is 5.97 Å². The Hall–Kier alpha value is -2.06. The summed E-state index contributed by atoms with van der Waals surface area (Å²) in [7, 11) is 0. The molecule has 0 aliphatic carbocycles. The molecule has 0 amide bonds. The third kappa shape index (κ3) is 3.80. The maximum absolute atomic E-state index is 10.8. The lowest BCUT2D eigenvalue weighted by atomic mass is 10.1. The molecule has 3 aromatic rings. The van der Waals surface area contributed by atoms with E-state index in [1.54, 1.807) is 6.20 Å². The second-order valence-corrected chi connectivity index (χ2v) is 7.18. The second kappa shape index (κ2) is 7.45. The molecule has 0 fully saturated rings. The Morgan fingerprint density at radius 3 is 2.60 bits per heavy atom. The molecule has 0 atom stereocenters. The quantitative estimate of drug-likeness (QED) is 0.613. The van der Waals surface area contributed by atoms with E-state index in [0.717, 1.165) is 31.3 Å². The number of carboxylic acids is 1. The molecule has 8 heteroatoms. The SMILES string of the molecule is CCOc1cc(-c2cn3cc(CC(=O)O)sc3n2)c(OCC)cc1Br. The van der Waals surface area contributed by atoms with Gasteiger partial charge in [0.2, 0.25) is 0 Å². The number of halogens is 1. The number of hydrogen-bond acceptors (Lipinski definition) is 5. The Morgan fingerprint density at radius 1 is 1.24 bits per heavy atom. The zero-order valence-electron chi connectivity index (χ0n) is 13.8. The van der Waals surface area contributed by atoms with E-state index < -0.39 is 5.97 Å². The van der Waals surface area contributed by atoms with Gasteiger partial charge in [-0.25, -0.2) is 4.98 Å². The lowest BCUT2D eigenvalue weighted by molar-refractivity contribution is -0.136. The van der Waals surface area contributed by atoms with Crippen molar-refractivity contribution in [3.63, 3.8) is 0 Å². The van der Waals surface area contributed by atoms with Crippen LogP contribution >= 0.6 is 27.3 Å². The van der Waals surface area contributed by atoms with Crippen LogP contribution in [0, 0.1) is 0 Å². The summed E-state index contributed by atoms with van der Waals surface area (Å²) < 4.78 is 14.1. The fourth-order valence-corrected chi connectivity index (χ4v) is 3.87. The first-order chi connectivity index (χ1) is 12.0. The standard InChI is InChI=1S/C17H17BrN2O4S/c1-3-23-14-7-12(18)15(24-4-2)6-11(14)13-9-20-8-10(5-16(21)22)25-17(20)19-13/h6-9H,3-5H2,1-2H3,(H,21,22). The first-order valence-corrected chi connectivity index (χ1v) is 9.41. The molecule has 0 unspecified atom stereocenters. The average Bonchev–Trinajstić information content (AvgIpc) is 3.07. The van der Waals surface area contributed by atoms with Crippen LogP contribution in [0.25, 0.3) is 16.2 Å². The molecule has 2 heterocycles. The number of aromatic nitrogens is 2. The number of benzene rings is 1. The Bertz CT molecular complexity index is 887. The molecular weight excluding hydrogens is 408 g/mol. The monoisotopic (exact) mass is 424 g/mol. The highest BCUT2D eigenvalue weighted by Crippen LogP contribution is 2.39. The predicted octanol–water partition coefficient (Wildman–Crippen LogP) is 4.25. The minimum absolute atomic E-state index is 0.000325. The molecule has 0 aliphatic rings. The number of carboxylic acid groups (broad SMARTS) is 1. The van der Waals surface area contributed by atoms with Gasteiger partial charge in [-0.15, -0.1) is 11.3 Å². The molecular formula is C17H17BrN2O4S. The summed E-state index contributed by atoms with van der Waals surface area (Å²) in [6.07, 6.45) is 3.67. The Balaban J connectivity index is 2.04. The van der Waals surface area contributed by atoms with Crippen molar-refractivity contribution in [2.75, 3.05) is 13.2 Å². The molecule has 6 nitrogen and oxygen atoms in total. The van der Waals surface area contributed by atoms with Gasteiger partial charge in [-0.05, 0) is 41.9 Å². The van der Waals surface area contributed by atoms with E-state index in [1.807, 2.05) is 36.6 Å². The van der Waals surface area contributed by atoms with Gasteiger partial charge in [0.1, 0.15) is 11.5 Å². The van der Waals surface area contributed by atoms with Gasteiger partial charge in [-0.3, -0.25) is 9.20 Å². The zero-order chi connectivity index (χ0) is 18.0. The molecule has 25 heavy (non-hydrogen) atoms. The van der Waals surface area contributed by atoms with Crippen molar-refractivity contribution in [3.05, 3.63) is 33.9 Å². The summed E-state index contributed by atoms with van der Waals surface area (Å²) in [6, 6.07) is 3.79. The van der Waals surface area contributed by atoms with Crippen molar-refractivity contribution in [2.24, 2.45) is 0 Å². The fraction of sp³-hybridized carbons (Fsp3) is 0.294. The number of carbonyl (C=O) groups is 1. The van der Waals surface area contributed by atoms with E-state index in [4.69, 9.17) is 14.6 Å². The minimum atomic E-state index is -0.849. The van der Waals surface area contributed by atoms with E-state index in [9.17, 15) is 4.79 Å². The largest absolute Gasteiger partial charge is 0.493 e. The normalized spacial score (nSPS) is 11.0. The Morgan fingerprint density at radius 2 is 1.96 bits per heavy atom. The number of fused-ring (bicyclic) bond motifs is 1. The van der Waals surface area contributed by atoms with Crippen LogP contribution in [0.15, 0.2) is 29.0 Å². The highest BCUT2D eigenvalue weighted by atomic mass is 79.9. The first kappa shape index (κ1) is 17.8. The average molecular weight is 425 g/mol. The van der Waals surface area contributed by atoms with Gasteiger partial charge in [0, 0.05) is 22.8 Å². The molecule has 0 spiro atoms. The smallest absolute Gasteiger partial charge is 0.308 e. The number of hydrogen-bond donors (Lipinski definition) is 1. The summed E-state index contributed by atoms with van der Waals surface area (Å²) in [6.45, 7) is 4.96. The van der Waals surface area contributed by atoms with Gasteiger partial charge in [-0.2, -0.15) is 0 Å². The Kier molecular flexibility index (Phi) is 5.29. The third-order valence-corrected chi connectivity index (χ3v) is 5.06. The van der Waals surface area contributed by atoms with E-state index in [2.05, 4.69) is 20.9 Å². The number of nitrogens with zero attached hydrogens (tertiary/aromatic N) is 2. The number of ether oxygens (including phenoxy) is 2. The van der Waals surface area contributed by atoms with E-state index in [0.29, 0.717) is 19.0 Å². The molecule has 1 N–H and O–H groups in total. The Labute approximate surface area is 157 Å². The fourth-order valence-electron chi connectivity index (χ4n) is 2.48. The van der Waals surface area contributed by atoms with Gasteiger partial charge in [0.25, 0.3) is 0 Å². The highest BCUT2D eigenvalue weighted by Gasteiger charge is 2.16. The van der Waals surface area contributed by atoms with Crippen LogP contribution in [0.3, 0.4) is 0 Å². The number of thiazole rings is 1. The summed E-state index contributed by atoms with van der Waals surface area (Å²) in [5.74, 6) is 0.593. The van der Waals surface area contributed by atoms with E-state index in [1.165, 1.54) is 11.3 Å². The molecule has 0 saturated heterocycles. The van der Waals surface area contributed by atoms with Gasteiger partial charge in [0.05, 0.1) is 29.8 Å². The lowest BCUT2D eigenvalue weighted by Crippen LogP contribution is -1.98. The number of imidazole rings is 1. The molecule has 0 radical (unpaired) electrons. The van der Waals surface area contributed by atoms with Crippen LogP contribution in [0.5, 0.6) is 11.5 Å². The topological polar surface area (TPSA) is 73.1 Å². The number of rotatable bonds is 7. The van der Waals surface area contributed by atoms with Crippen LogP contribution in [0.2, 0.25) is 0 Å². The van der Waals surface area contributed by atoms with Crippen LogP contribution in [0.4, 0.5) is 0 Å². The summed E-state index contributed by atoms with van der Waals surface area (Å²) in [5.41, 5.74) is 1.59. The van der Waals surface area contributed by atoms with Crippen molar-refractivity contribution in [1.29, 1.82) is 0 Å². The van der Waals surface area contributed by atoms with Gasteiger partial charge in [-0.1, -0.05) is 0 Å². The molecule has 0 saturated carbocycles. The summed E-state index contributed by atoms with van der Waals surface area (Å²) in [5, 5.41) is 8.91. The van der Waals surface area contributed by atoms with Crippen LogP contribution in [0.1, 0.15) is 18.7 Å². The highest BCUT2D eigenvalue weighted by molar-refractivity contribution is 9.10. The van der Waals surface area contributed by atoms with Gasteiger partial charge in [0.15, 0.2) is 4.96 Å². The molecule has 0 bridgehead atoms. The summed E-state index contributed by atoms with van der Waals surface area (Å²) >= 11 is 4.87. The minimum Gasteiger partial charge on any atom is -0.493 e. The maximum Gasteiger partial charge on any atom is 0.308 e. The van der Waals surface area contributed by atoms with E-state index in [-0.39, 0.29) is 6.42 Å². The maximum atomic E-state index is 10.8. The number of aliphatic carboxylic acids is 1. The van der Waals surface area contributed by atoms with Crippen LogP contribution < -0.4 is 9.47 Å². The molecule has 2 aromatic heterocycles. The lowest BCUT2D eigenvalue weighted by Gasteiger charge is -2.13.